The van der Waals surface area contributed by atoms with Crippen LogP contribution in [0.4, 0.5) is 5.69 Å². The second-order valence-corrected chi connectivity index (χ2v) is 5.81. The number of hydrogen-bond donors (Lipinski definition) is 1. The zero-order valence-corrected chi connectivity index (χ0v) is 12.9. The molecule has 0 aliphatic rings. The molecule has 0 spiro atoms. The Morgan fingerprint density at radius 3 is 3.05 bits per heavy atom. The number of nitrogens with one attached hydrogen (secondary N) is 1. The van der Waals surface area contributed by atoms with Gasteiger partial charge in [-0.05, 0) is 35.6 Å². The van der Waals surface area contributed by atoms with Crippen LogP contribution in [-0.4, -0.2) is 15.5 Å². The summed E-state index contributed by atoms with van der Waals surface area (Å²) in [5.74, 6) is -0.244. The van der Waals surface area contributed by atoms with Crippen LogP contribution in [0, 0.1) is 0 Å². The Morgan fingerprint density at radius 1 is 1.36 bits per heavy atom. The van der Waals surface area contributed by atoms with Gasteiger partial charge in [0, 0.05) is 5.69 Å². The number of rotatable bonds is 4. The summed E-state index contributed by atoms with van der Waals surface area (Å²) in [4.78, 5) is 29.2. The van der Waals surface area contributed by atoms with Crippen molar-refractivity contribution in [3.05, 3.63) is 58.0 Å². The predicted octanol–water partition coefficient (Wildman–Crippen LogP) is 2.66. The van der Waals surface area contributed by atoms with Crippen molar-refractivity contribution in [2.75, 3.05) is 5.32 Å². The number of thiophene rings is 1. The Hall–Kier alpha value is -2.47. The van der Waals surface area contributed by atoms with Crippen LogP contribution >= 0.6 is 11.3 Å². The summed E-state index contributed by atoms with van der Waals surface area (Å²) in [6.07, 6.45) is 2.32. The van der Waals surface area contributed by atoms with E-state index >= 15 is 0 Å². The average molecular weight is 313 g/mol. The van der Waals surface area contributed by atoms with Crippen molar-refractivity contribution in [2.45, 2.75) is 19.9 Å². The van der Waals surface area contributed by atoms with Gasteiger partial charge in [-0.2, -0.15) is 0 Å². The zero-order chi connectivity index (χ0) is 15.5. The number of carbonyl (C=O) groups is 1. The highest BCUT2D eigenvalue weighted by Crippen LogP contribution is 2.14. The normalized spacial score (nSPS) is 10.8. The van der Waals surface area contributed by atoms with E-state index in [1.165, 1.54) is 22.2 Å². The molecule has 0 unspecified atom stereocenters. The molecule has 0 saturated carbocycles. The minimum atomic E-state index is -0.244. The van der Waals surface area contributed by atoms with Gasteiger partial charge >= 0.3 is 0 Å². The van der Waals surface area contributed by atoms with E-state index in [1.54, 1.807) is 6.07 Å². The van der Waals surface area contributed by atoms with Crippen LogP contribution in [-0.2, 0) is 17.8 Å². The van der Waals surface area contributed by atoms with Crippen LogP contribution in [0.15, 0.2) is 46.8 Å². The number of hydrogen-bond acceptors (Lipinski definition) is 4. The molecular weight excluding hydrogens is 298 g/mol. The van der Waals surface area contributed by atoms with Gasteiger partial charge in [0.05, 0.1) is 11.7 Å². The monoisotopic (exact) mass is 313 g/mol. The van der Waals surface area contributed by atoms with Crippen molar-refractivity contribution in [1.82, 2.24) is 9.55 Å². The molecule has 0 aliphatic carbocycles. The fourth-order valence-electron chi connectivity index (χ4n) is 2.23. The highest BCUT2D eigenvalue weighted by atomic mass is 32.1. The van der Waals surface area contributed by atoms with Gasteiger partial charge in [0.25, 0.3) is 5.56 Å². The van der Waals surface area contributed by atoms with Crippen LogP contribution in [0.5, 0.6) is 0 Å². The lowest BCUT2D eigenvalue weighted by atomic mass is 10.1. The zero-order valence-electron chi connectivity index (χ0n) is 12.1. The molecule has 2 heterocycles. The van der Waals surface area contributed by atoms with Crippen LogP contribution < -0.4 is 10.9 Å². The van der Waals surface area contributed by atoms with E-state index in [0.29, 0.717) is 10.2 Å². The highest BCUT2D eigenvalue weighted by molar-refractivity contribution is 7.16. The third kappa shape index (κ3) is 2.92. The van der Waals surface area contributed by atoms with E-state index in [9.17, 15) is 9.59 Å². The number of carbonyl (C=O) groups excluding carboxylic acids is 1. The summed E-state index contributed by atoms with van der Waals surface area (Å²) in [5.41, 5.74) is 1.70. The van der Waals surface area contributed by atoms with Crippen molar-refractivity contribution >= 4 is 33.1 Å². The van der Waals surface area contributed by atoms with Crippen molar-refractivity contribution < 1.29 is 4.79 Å². The summed E-state index contributed by atoms with van der Waals surface area (Å²) < 4.78 is 1.33. The number of benzene rings is 1. The molecule has 112 valence electrons. The maximum absolute atomic E-state index is 12.2. The van der Waals surface area contributed by atoms with Gasteiger partial charge in [-0.3, -0.25) is 14.2 Å². The Morgan fingerprint density at radius 2 is 2.23 bits per heavy atom. The Bertz CT molecular complexity index is 882. The van der Waals surface area contributed by atoms with E-state index in [0.717, 1.165) is 17.7 Å². The number of amides is 1. The summed E-state index contributed by atoms with van der Waals surface area (Å²) >= 11 is 1.41. The molecule has 0 fully saturated rings. The van der Waals surface area contributed by atoms with Gasteiger partial charge in [-0.1, -0.05) is 19.1 Å². The number of fused-ring (bicyclic) bond motifs is 1. The molecule has 0 saturated heterocycles. The summed E-state index contributed by atoms with van der Waals surface area (Å²) in [6.45, 7) is 2.01. The third-order valence-corrected chi connectivity index (χ3v) is 4.20. The van der Waals surface area contributed by atoms with Gasteiger partial charge in [-0.15, -0.1) is 11.3 Å². The molecule has 1 amide bonds. The maximum Gasteiger partial charge on any atom is 0.262 e. The topological polar surface area (TPSA) is 64.0 Å². The Kier molecular flexibility index (Phi) is 4.02. The molecule has 22 heavy (non-hydrogen) atoms. The quantitative estimate of drug-likeness (QED) is 0.805. The minimum Gasteiger partial charge on any atom is -0.325 e. The number of aryl methyl sites for hydroxylation is 1. The molecule has 2 aromatic heterocycles. The molecule has 3 rings (SSSR count). The van der Waals surface area contributed by atoms with Gasteiger partial charge in [-0.25, -0.2) is 4.98 Å². The molecule has 0 bridgehead atoms. The Balaban J connectivity index is 1.78. The SMILES string of the molecule is CCc1cccc(NC(=O)Cn2cnc3sccc3c2=O)c1. The summed E-state index contributed by atoms with van der Waals surface area (Å²) in [5, 5.41) is 5.18. The van der Waals surface area contributed by atoms with Gasteiger partial charge < -0.3 is 5.32 Å². The van der Waals surface area contributed by atoms with Crippen molar-refractivity contribution in [3.63, 3.8) is 0 Å². The number of anilines is 1. The smallest absolute Gasteiger partial charge is 0.262 e. The highest BCUT2D eigenvalue weighted by Gasteiger charge is 2.09. The summed E-state index contributed by atoms with van der Waals surface area (Å²) in [7, 11) is 0. The minimum absolute atomic E-state index is 0.0476. The molecule has 0 atom stereocenters. The first-order valence-corrected chi connectivity index (χ1v) is 7.87. The van der Waals surface area contributed by atoms with E-state index < -0.39 is 0 Å². The largest absolute Gasteiger partial charge is 0.325 e. The van der Waals surface area contributed by atoms with Crippen LogP contribution in [0.1, 0.15) is 12.5 Å². The predicted molar refractivity (Wildman–Crippen MR) is 88.3 cm³/mol. The number of nitrogens with zero attached hydrogens (tertiary/aromatic N) is 2. The average Bonchev–Trinajstić information content (AvgIpc) is 2.99. The van der Waals surface area contributed by atoms with Crippen molar-refractivity contribution in [1.29, 1.82) is 0 Å². The molecule has 5 nitrogen and oxygen atoms in total. The first-order chi connectivity index (χ1) is 10.7. The van der Waals surface area contributed by atoms with Crippen molar-refractivity contribution in [3.8, 4) is 0 Å². The fourth-order valence-corrected chi connectivity index (χ4v) is 2.95. The lowest BCUT2D eigenvalue weighted by Gasteiger charge is -2.08. The fraction of sp³-hybridized carbons (Fsp3) is 0.188. The third-order valence-electron chi connectivity index (χ3n) is 3.38. The first kappa shape index (κ1) is 14.5. The summed E-state index contributed by atoms with van der Waals surface area (Å²) in [6, 6.07) is 9.41. The molecule has 0 radical (unpaired) electrons. The van der Waals surface area contributed by atoms with Crippen LogP contribution in [0.25, 0.3) is 10.2 Å². The van der Waals surface area contributed by atoms with Gasteiger partial charge in [0.2, 0.25) is 5.91 Å². The maximum atomic E-state index is 12.2. The number of aromatic nitrogens is 2. The first-order valence-electron chi connectivity index (χ1n) is 6.99. The van der Waals surface area contributed by atoms with Gasteiger partial charge in [0.1, 0.15) is 11.4 Å². The van der Waals surface area contributed by atoms with E-state index in [2.05, 4.69) is 17.2 Å². The molecule has 0 aliphatic heterocycles. The molecule has 1 N–H and O–H groups in total. The lowest BCUT2D eigenvalue weighted by molar-refractivity contribution is -0.116. The second kappa shape index (κ2) is 6.11. The van der Waals surface area contributed by atoms with E-state index in [4.69, 9.17) is 0 Å². The lowest BCUT2D eigenvalue weighted by Crippen LogP contribution is -2.27. The van der Waals surface area contributed by atoms with Crippen molar-refractivity contribution in [2.24, 2.45) is 0 Å². The van der Waals surface area contributed by atoms with Crippen LogP contribution in [0.3, 0.4) is 0 Å². The Labute approximate surface area is 131 Å². The molecule has 3 aromatic rings. The van der Waals surface area contributed by atoms with Gasteiger partial charge in [0.15, 0.2) is 0 Å². The van der Waals surface area contributed by atoms with E-state index in [-0.39, 0.29) is 18.0 Å². The second-order valence-electron chi connectivity index (χ2n) is 4.92. The molecule has 1 aromatic carbocycles. The molecule has 6 heteroatoms. The standard InChI is InChI=1S/C16H15N3O2S/c1-2-11-4-3-5-12(8-11)18-14(20)9-19-10-17-15-13(16(19)21)6-7-22-15/h3-8,10H,2,9H2,1H3,(H,18,20). The molecular formula is C16H15N3O2S. The van der Waals surface area contributed by atoms with E-state index in [1.807, 2.05) is 29.6 Å². The van der Waals surface area contributed by atoms with Crippen LogP contribution in [0.2, 0.25) is 0 Å².